The Morgan fingerprint density at radius 2 is 2.07 bits per heavy atom. The van der Waals surface area contributed by atoms with E-state index in [9.17, 15) is 5.11 Å². The molecule has 0 bridgehead atoms. The molecule has 4 heteroatoms. The van der Waals surface area contributed by atoms with Crippen LogP contribution in [0, 0.1) is 0 Å². The van der Waals surface area contributed by atoms with Crippen LogP contribution < -0.4 is 0 Å². The highest BCUT2D eigenvalue weighted by atomic mass is 16.3. The highest BCUT2D eigenvalue weighted by molar-refractivity contribution is 4.85. The van der Waals surface area contributed by atoms with E-state index in [0.29, 0.717) is 12.6 Å². The summed E-state index contributed by atoms with van der Waals surface area (Å²) >= 11 is 0. The molecule has 4 nitrogen and oxygen atoms in total. The third-order valence-electron chi connectivity index (χ3n) is 3.60. The molecule has 2 fully saturated rings. The normalized spacial score (nSPS) is 31.2. The summed E-state index contributed by atoms with van der Waals surface area (Å²) in [6.07, 6.45) is 3.42. The summed E-state index contributed by atoms with van der Waals surface area (Å²) < 4.78 is 0. The average molecular weight is 214 g/mol. The van der Waals surface area contributed by atoms with Crippen molar-refractivity contribution >= 4 is 0 Å². The lowest BCUT2D eigenvalue weighted by atomic mass is 9.99. The highest BCUT2D eigenvalue weighted by Gasteiger charge is 2.29. The van der Waals surface area contributed by atoms with Gasteiger partial charge in [0.15, 0.2) is 0 Å². The minimum Gasteiger partial charge on any atom is -0.394 e. The van der Waals surface area contributed by atoms with Crippen molar-refractivity contribution in [3.63, 3.8) is 0 Å². The number of hydrogen-bond acceptors (Lipinski definition) is 4. The van der Waals surface area contributed by atoms with Gasteiger partial charge in [-0.1, -0.05) is 6.42 Å². The van der Waals surface area contributed by atoms with Gasteiger partial charge in [-0.2, -0.15) is 0 Å². The first-order valence-corrected chi connectivity index (χ1v) is 6.05. The number of hydrogen-bond donors (Lipinski definition) is 2. The number of β-amino-alcohol motifs (C(OH)–C–C–N with tert-alkyl or cyclic N) is 1. The molecule has 2 aliphatic heterocycles. The third kappa shape index (κ3) is 2.91. The van der Waals surface area contributed by atoms with E-state index in [-0.39, 0.29) is 6.61 Å². The molecule has 0 spiro atoms. The van der Waals surface area contributed by atoms with Gasteiger partial charge in [-0.15, -0.1) is 0 Å². The van der Waals surface area contributed by atoms with Crippen molar-refractivity contribution in [2.45, 2.75) is 31.4 Å². The second kappa shape index (κ2) is 5.25. The second-order valence-electron chi connectivity index (χ2n) is 4.78. The molecule has 0 aliphatic carbocycles. The summed E-state index contributed by atoms with van der Waals surface area (Å²) in [6.45, 7) is 4.99. The Kier molecular flexibility index (Phi) is 3.97. The van der Waals surface area contributed by atoms with E-state index in [0.717, 1.165) is 19.6 Å². The Morgan fingerprint density at radius 1 is 1.20 bits per heavy atom. The minimum absolute atomic E-state index is 0.120. The number of aliphatic hydroxyl groups is 2. The fourth-order valence-corrected chi connectivity index (χ4v) is 2.74. The van der Waals surface area contributed by atoms with Gasteiger partial charge < -0.3 is 10.2 Å². The molecule has 0 radical (unpaired) electrons. The summed E-state index contributed by atoms with van der Waals surface area (Å²) in [6, 6.07) is 0.693. The Bertz CT molecular complexity index is 201. The van der Waals surface area contributed by atoms with Crippen LogP contribution in [0.25, 0.3) is 0 Å². The fourth-order valence-electron chi connectivity index (χ4n) is 2.74. The number of rotatable bonds is 3. The lowest BCUT2D eigenvalue weighted by Gasteiger charge is -2.44. The zero-order chi connectivity index (χ0) is 10.7. The van der Waals surface area contributed by atoms with Gasteiger partial charge in [0.1, 0.15) is 0 Å². The molecular weight excluding hydrogens is 192 g/mol. The molecule has 2 unspecified atom stereocenters. The van der Waals surface area contributed by atoms with Crippen molar-refractivity contribution in [3.8, 4) is 0 Å². The molecule has 15 heavy (non-hydrogen) atoms. The monoisotopic (exact) mass is 214 g/mol. The number of nitrogens with zero attached hydrogens (tertiary/aromatic N) is 2. The molecule has 0 aromatic rings. The standard InChI is InChI=1S/C11H22N2O2/c14-9-11(15)8-12-5-6-13-4-2-1-3-10(13)7-12/h10-11,14-15H,1-9H2. The SMILES string of the molecule is OCC(O)CN1CCN2CCCCC2C1. The Morgan fingerprint density at radius 3 is 2.87 bits per heavy atom. The lowest BCUT2D eigenvalue weighted by molar-refractivity contribution is 0.00872. The van der Waals surface area contributed by atoms with Crippen LogP contribution in [0.3, 0.4) is 0 Å². The Balaban J connectivity index is 1.80. The van der Waals surface area contributed by atoms with E-state index in [2.05, 4.69) is 9.80 Å². The van der Waals surface area contributed by atoms with Gasteiger partial charge >= 0.3 is 0 Å². The van der Waals surface area contributed by atoms with Gasteiger partial charge in [0.05, 0.1) is 12.7 Å². The largest absolute Gasteiger partial charge is 0.394 e. The molecule has 2 heterocycles. The highest BCUT2D eigenvalue weighted by Crippen LogP contribution is 2.20. The van der Waals surface area contributed by atoms with Crippen molar-refractivity contribution in [3.05, 3.63) is 0 Å². The van der Waals surface area contributed by atoms with Crippen LogP contribution in [0.1, 0.15) is 19.3 Å². The van der Waals surface area contributed by atoms with Crippen LogP contribution in [-0.4, -0.2) is 71.5 Å². The summed E-state index contributed by atoms with van der Waals surface area (Å²) in [5.41, 5.74) is 0. The number of piperidine rings is 1. The lowest BCUT2D eigenvalue weighted by Crippen LogP contribution is -2.56. The first-order chi connectivity index (χ1) is 7.29. The van der Waals surface area contributed by atoms with Crippen LogP contribution in [0.4, 0.5) is 0 Å². The average Bonchev–Trinajstić information content (AvgIpc) is 2.29. The van der Waals surface area contributed by atoms with E-state index < -0.39 is 6.10 Å². The van der Waals surface area contributed by atoms with Gasteiger partial charge in [-0.25, -0.2) is 0 Å². The van der Waals surface area contributed by atoms with Crippen LogP contribution in [0.5, 0.6) is 0 Å². The maximum absolute atomic E-state index is 9.40. The van der Waals surface area contributed by atoms with Gasteiger partial charge in [0.25, 0.3) is 0 Å². The smallest absolute Gasteiger partial charge is 0.0897 e. The Labute approximate surface area is 91.5 Å². The van der Waals surface area contributed by atoms with Crippen LogP contribution in [0.15, 0.2) is 0 Å². The van der Waals surface area contributed by atoms with Crippen LogP contribution in [0.2, 0.25) is 0 Å². The zero-order valence-corrected chi connectivity index (χ0v) is 9.31. The molecule has 0 aromatic carbocycles. The van der Waals surface area contributed by atoms with Crippen molar-refractivity contribution in [1.82, 2.24) is 9.80 Å². The first kappa shape index (κ1) is 11.3. The summed E-state index contributed by atoms with van der Waals surface area (Å²) in [7, 11) is 0. The summed E-state index contributed by atoms with van der Waals surface area (Å²) in [5.74, 6) is 0. The zero-order valence-electron chi connectivity index (χ0n) is 9.31. The predicted octanol–water partition coefficient (Wildman–Crippen LogP) is -0.490. The molecule has 2 N–H and O–H groups in total. The van der Waals surface area contributed by atoms with E-state index in [1.54, 1.807) is 0 Å². The van der Waals surface area contributed by atoms with Gasteiger partial charge in [-0.3, -0.25) is 9.80 Å². The quantitative estimate of drug-likeness (QED) is 0.665. The molecule has 2 atom stereocenters. The molecule has 0 saturated carbocycles. The number of fused-ring (bicyclic) bond motifs is 1. The maximum Gasteiger partial charge on any atom is 0.0897 e. The fraction of sp³-hybridized carbons (Fsp3) is 1.00. The first-order valence-electron chi connectivity index (χ1n) is 6.05. The van der Waals surface area contributed by atoms with Crippen molar-refractivity contribution in [2.75, 3.05) is 39.3 Å². The topological polar surface area (TPSA) is 46.9 Å². The molecule has 88 valence electrons. The number of piperazine rings is 1. The third-order valence-corrected chi connectivity index (χ3v) is 3.60. The molecule has 0 amide bonds. The molecular formula is C11H22N2O2. The van der Waals surface area contributed by atoms with Crippen molar-refractivity contribution in [1.29, 1.82) is 0 Å². The van der Waals surface area contributed by atoms with Crippen molar-refractivity contribution in [2.24, 2.45) is 0 Å². The molecule has 2 saturated heterocycles. The van der Waals surface area contributed by atoms with Gasteiger partial charge in [-0.05, 0) is 19.4 Å². The number of aliphatic hydroxyl groups excluding tert-OH is 2. The summed E-state index contributed by atoms with van der Waals surface area (Å²) in [4.78, 5) is 4.86. The van der Waals surface area contributed by atoms with Gasteiger partial charge in [0.2, 0.25) is 0 Å². The van der Waals surface area contributed by atoms with E-state index in [1.165, 1.54) is 25.8 Å². The minimum atomic E-state index is -0.569. The van der Waals surface area contributed by atoms with Gasteiger partial charge in [0, 0.05) is 32.2 Å². The van der Waals surface area contributed by atoms with E-state index in [1.807, 2.05) is 0 Å². The predicted molar refractivity (Wildman–Crippen MR) is 58.7 cm³/mol. The molecule has 2 aliphatic rings. The van der Waals surface area contributed by atoms with Crippen LogP contribution in [-0.2, 0) is 0 Å². The second-order valence-corrected chi connectivity index (χ2v) is 4.78. The maximum atomic E-state index is 9.40. The molecule has 2 rings (SSSR count). The van der Waals surface area contributed by atoms with Crippen molar-refractivity contribution < 1.29 is 10.2 Å². The van der Waals surface area contributed by atoms with Crippen LogP contribution >= 0.6 is 0 Å². The van der Waals surface area contributed by atoms with E-state index >= 15 is 0 Å². The summed E-state index contributed by atoms with van der Waals surface area (Å²) in [5, 5.41) is 18.2. The Hall–Kier alpha value is -0.160. The molecule has 0 aromatic heterocycles. The van der Waals surface area contributed by atoms with E-state index in [4.69, 9.17) is 5.11 Å².